The van der Waals surface area contributed by atoms with Crippen molar-refractivity contribution in [2.24, 2.45) is 7.05 Å². The van der Waals surface area contributed by atoms with Gasteiger partial charge in [0.25, 0.3) is 5.91 Å². The average molecular weight is 304 g/mol. The number of carbonyl (C=O) groups is 1. The molecule has 8 heteroatoms. The topological polar surface area (TPSA) is 76.9 Å². The van der Waals surface area contributed by atoms with Crippen molar-refractivity contribution in [1.82, 2.24) is 14.8 Å². The summed E-state index contributed by atoms with van der Waals surface area (Å²) < 4.78 is 14.7. The first-order valence-corrected chi connectivity index (χ1v) is 6.81. The van der Waals surface area contributed by atoms with Gasteiger partial charge in [-0.25, -0.2) is 9.37 Å². The molecule has 0 spiro atoms. The molecule has 0 bridgehead atoms. The Hall–Kier alpha value is -2.61. The summed E-state index contributed by atoms with van der Waals surface area (Å²) in [4.78, 5) is 28.3. The van der Waals surface area contributed by atoms with Crippen LogP contribution >= 0.6 is 11.3 Å². The molecule has 1 amide bonds. The Labute approximate surface area is 121 Å². The number of anilines is 1. The Morgan fingerprint density at radius 3 is 2.95 bits per heavy atom. The first kappa shape index (κ1) is 13.4. The number of benzene rings is 1. The van der Waals surface area contributed by atoms with Gasteiger partial charge in [0.15, 0.2) is 10.8 Å². The number of aromatic nitrogens is 3. The fraction of sp³-hybridized carbons (Fsp3) is 0.0769. The van der Waals surface area contributed by atoms with E-state index in [9.17, 15) is 14.0 Å². The van der Waals surface area contributed by atoms with Gasteiger partial charge in [-0.1, -0.05) is 0 Å². The van der Waals surface area contributed by atoms with Gasteiger partial charge in [0.2, 0.25) is 5.43 Å². The molecule has 0 atom stereocenters. The van der Waals surface area contributed by atoms with Gasteiger partial charge >= 0.3 is 0 Å². The van der Waals surface area contributed by atoms with Crippen molar-refractivity contribution >= 4 is 33.3 Å². The number of rotatable bonds is 2. The maximum atomic E-state index is 13.3. The van der Waals surface area contributed by atoms with Crippen molar-refractivity contribution in [3.05, 3.63) is 51.5 Å². The summed E-state index contributed by atoms with van der Waals surface area (Å²) in [5, 5.41) is 8.61. The molecule has 0 saturated heterocycles. The van der Waals surface area contributed by atoms with Crippen LogP contribution in [-0.4, -0.2) is 20.7 Å². The number of carbonyl (C=O) groups excluding carboxylic acids is 1. The van der Waals surface area contributed by atoms with Crippen LogP contribution in [0.15, 0.2) is 34.6 Å². The Balaban J connectivity index is 2.13. The maximum Gasteiger partial charge on any atom is 0.281 e. The second-order valence-electron chi connectivity index (χ2n) is 4.25. The molecule has 3 aromatic rings. The van der Waals surface area contributed by atoms with E-state index in [1.165, 1.54) is 34.3 Å². The van der Waals surface area contributed by atoms with Crippen LogP contribution in [0, 0.1) is 5.82 Å². The Morgan fingerprint density at radius 1 is 1.43 bits per heavy atom. The Morgan fingerprint density at radius 2 is 2.24 bits per heavy atom. The smallest absolute Gasteiger partial charge is 0.281 e. The first-order chi connectivity index (χ1) is 10.1. The van der Waals surface area contributed by atoms with Gasteiger partial charge in [0.1, 0.15) is 5.82 Å². The second kappa shape index (κ2) is 5.06. The van der Waals surface area contributed by atoms with Crippen LogP contribution in [0.4, 0.5) is 9.52 Å². The minimum absolute atomic E-state index is 0.108. The highest BCUT2D eigenvalue weighted by Gasteiger charge is 2.17. The lowest BCUT2D eigenvalue weighted by Gasteiger charge is -2.07. The third-order valence-corrected chi connectivity index (χ3v) is 3.57. The van der Waals surface area contributed by atoms with Crippen molar-refractivity contribution in [3.8, 4) is 0 Å². The number of nitrogens with zero attached hydrogens (tertiary/aromatic N) is 3. The summed E-state index contributed by atoms with van der Waals surface area (Å²) in [5.41, 5.74) is -0.463. The summed E-state index contributed by atoms with van der Waals surface area (Å²) in [6.07, 6.45) is 1.53. The van der Waals surface area contributed by atoms with Gasteiger partial charge in [-0.3, -0.25) is 19.6 Å². The maximum absolute atomic E-state index is 13.3. The third kappa shape index (κ3) is 2.40. The predicted molar refractivity (Wildman–Crippen MR) is 77.0 cm³/mol. The normalized spacial score (nSPS) is 10.8. The second-order valence-corrected chi connectivity index (χ2v) is 5.15. The molecule has 0 saturated carbocycles. The molecule has 106 valence electrons. The van der Waals surface area contributed by atoms with Gasteiger partial charge < -0.3 is 0 Å². The lowest BCUT2D eigenvalue weighted by molar-refractivity contribution is 0.101. The van der Waals surface area contributed by atoms with E-state index in [0.29, 0.717) is 10.6 Å². The zero-order chi connectivity index (χ0) is 15.0. The number of nitrogens with one attached hydrogen (secondary N) is 1. The highest BCUT2D eigenvalue weighted by molar-refractivity contribution is 7.13. The van der Waals surface area contributed by atoms with E-state index in [-0.39, 0.29) is 11.1 Å². The highest BCUT2D eigenvalue weighted by atomic mass is 32.1. The Kier molecular flexibility index (Phi) is 3.22. The molecule has 3 rings (SSSR count). The van der Waals surface area contributed by atoms with E-state index in [0.717, 1.165) is 6.07 Å². The number of halogens is 1. The summed E-state index contributed by atoms with van der Waals surface area (Å²) >= 11 is 1.22. The van der Waals surface area contributed by atoms with Gasteiger partial charge in [-0.15, -0.1) is 11.3 Å². The van der Waals surface area contributed by atoms with Crippen LogP contribution in [0.1, 0.15) is 10.5 Å². The van der Waals surface area contributed by atoms with E-state index >= 15 is 0 Å². The third-order valence-electron chi connectivity index (χ3n) is 2.88. The molecule has 0 unspecified atom stereocenters. The largest absolute Gasteiger partial charge is 0.296 e. The van der Waals surface area contributed by atoms with Crippen LogP contribution in [-0.2, 0) is 7.05 Å². The van der Waals surface area contributed by atoms with Crippen LogP contribution < -0.4 is 10.7 Å². The molecular formula is C13H9FN4O2S. The molecule has 1 N–H and O–H groups in total. The molecule has 21 heavy (non-hydrogen) atoms. The van der Waals surface area contributed by atoms with Gasteiger partial charge in [-0.2, -0.15) is 5.10 Å². The van der Waals surface area contributed by atoms with Crippen molar-refractivity contribution in [2.75, 3.05) is 5.32 Å². The molecule has 2 aromatic heterocycles. The fourth-order valence-corrected chi connectivity index (χ4v) is 2.46. The van der Waals surface area contributed by atoms with Crippen LogP contribution in [0.3, 0.4) is 0 Å². The zero-order valence-electron chi connectivity index (χ0n) is 10.8. The van der Waals surface area contributed by atoms with Crippen LogP contribution in [0.25, 0.3) is 10.9 Å². The minimum Gasteiger partial charge on any atom is -0.296 e. The molecule has 0 fully saturated rings. The van der Waals surface area contributed by atoms with Crippen molar-refractivity contribution < 1.29 is 9.18 Å². The number of aryl methyl sites for hydroxylation is 1. The standard InChI is InChI=1S/C13H9FN4O2S/c1-18-9-3-2-7(14)6-8(9)11(19)10(17-18)12(20)16-13-15-4-5-21-13/h2-6H,1H3,(H,15,16,20). The Bertz CT molecular complexity index is 889. The number of hydrogen-bond donors (Lipinski definition) is 1. The quantitative estimate of drug-likeness (QED) is 0.783. The van der Waals surface area contributed by atoms with E-state index in [1.807, 2.05) is 0 Å². The van der Waals surface area contributed by atoms with E-state index in [1.54, 1.807) is 12.4 Å². The summed E-state index contributed by atoms with van der Waals surface area (Å²) in [5.74, 6) is -1.21. The van der Waals surface area contributed by atoms with Crippen LogP contribution in [0.2, 0.25) is 0 Å². The minimum atomic E-state index is -0.670. The van der Waals surface area contributed by atoms with E-state index in [4.69, 9.17) is 0 Å². The number of hydrogen-bond acceptors (Lipinski definition) is 5. The molecular weight excluding hydrogens is 295 g/mol. The molecule has 1 aromatic carbocycles. The highest BCUT2D eigenvalue weighted by Crippen LogP contribution is 2.13. The molecule has 6 nitrogen and oxygen atoms in total. The molecule has 2 heterocycles. The summed E-state index contributed by atoms with van der Waals surface area (Å²) in [6.45, 7) is 0. The van der Waals surface area contributed by atoms with Crippen LogP contribution in [0.5, 0.6) is 0 Å². The first-order valence-electron chi connectivity index (χ1n) is 5.93. The van der Waals surface area contributed by atoms with Gasteiger partial charge in [0, 0.05) is 18.6 Å². The van der Waals surface area contributed by atoms with E-state index < -0.39 is 17.2 Å². The lowest BCUT2D eigenvalue weighted by Crippen LogP contribution is -2.26. The number of fused-ring (bicyclic) bond motifs is 1. The monoisotopic (exact) mass is 304 g/mol. The average Bonchev–Trinajstić information content (AvgIpc) is 2.95. The molecule has 0 aliphatic carbocycles. The van der Waals surface area contributed by atoms with Crippen molar-refractivity contribution in [1.29, 1.82) is 0 Å². The van der Waals surface area contributed by atoms with Gasteiger partial charge in [-0.05, 0) is 18.2 Å². The SMILES string of the molecule is Cn1nc(C(=O)Nc2nccs2)c(=O)c2cc(F)ccc21. The van der Waals surface area contributed by atoms with Crippen molar-refractivity contribution in [2.45, 2.75) is 0 Å². The zero-order valence-corrected chi connectivity index (χ0v) is 11.6. The number of amides is 1. The summed E-state index contributed by atoms with van der Waals surface area (Å²) in [7, 11) is 1.58. The molecule has 0 aliphatic heterocycles. The molecule has 0 aliphatic rings. The lowest BCUT2D eigenvalue weighted by atomic mass is 10.2. The number of thiazole rings is 1. The van der Waals surface area contributed by atoms with E-state index in [2.05, 4.69) is 15.4 Å². The predicted octanol–water partition coefficient (Wildman–Crippen LogP) is 1.78. The van der Waals surface area contributed by atoms with Crippen molar-refractivity contribution in [3.63, 3.8) is 0 Å². The van der Waals surface area contributed by atoms with Gasteiger partial charge in [0.05, 0.1) is 10.9 Å². The summed E-state index contributed by atoms with van der Waals surface area (Å²) in [6, 6.07) is 3.78. The molecule has 0 radical (unpaired) electrons. The fourth-order valence-electron chi connectivity index (χ4n) is 1.94.